The summed E-state index contributed by atoms with van der Waals surface area (Å²) in [6.07, 6.45) is 0. The predicted octanol–water partition coefficient (Wildman–Crippen LogP) is 3.68. The Balaban J connectivity index is 1.84. The first-order valence-electron chi connectivity index (χ1n) is 6.42. The lowest BCUT2D eigenvalue weighted by atomic mass is 10.2. The molecule has 2 aromatic rings. The number of nitrogens with one attached hydrogen (secondary N) is 1. The molecule has 0 aliphatic carbocycles. The van der Waals surface area contributed by atoms with Crippen LogP contribution in [0.2, 0.25) is 0 Å². The van der Waals surface area contributed by atoms with Crippen molar-refractivity contribution in [3.63, 3.8) is 0 Å². The minimum atomic E-state index is -0.206. The molecule has 2 aromatic carbocycles. The van der Waals surface area contributed by atoms with Crippen LogP contribution in [0.15, 0.2) is 48.5 Å². The molecule has 0 saturated carbocycles. The molecular formula is C16H19FN2. The third-order valence-electron chi connectivity index (χ3n) is 3.06. The molecule has 0 saturated heterocycles. The van der Waals surface area contributed by atoms with Crippen LogP contribution in [-0.2, 0) is 0 Å². The van der Waals surface area contributed by atoms with Crippen LogP contribution in [0.3, 0.4) is 0 Å². The van der Waals surface area contributed by atoms with Gasteiger partial charge in [-0.05, 0) is 48.9 Å². The van der Waals surface area contributed by atoms with E-state index in [0.717, 1.165) is 18.8 Å². The van der Waals surface area contributed by atoms with Crippen LogP contribution in [0.1, 0.15) is 5.56 Å². The van der Waals surface area contributed by atoms with Crippen molar-refractivity contribution >= 4 is 11.4 Å². The maximum atomic E-state index is 12.8. The maximum absolute atomic E-state index is 12.8. The van der Waals surface area contributed by atoms with Crippen molar-refractivity contribution in [3.8, 4) is 0 Å². The number of nitrogens with zero attached hydrogens (tertiary/aromatic N) is 1. The Hall–Kier alpha value is -2.03. The zero-order chi connectivity index (χ0) is 13.7. The minimum absolute atomic E-state index is 0.206. The fourth-order valence-electron chi connectivity index (χ4n) is 1.93. The molecule has 2 nitrogen and oxygen atoms in total. The highest BCUT2D eigenvalue weighted by Crippen LogP contribution is 2.14. The first-order chi connectivity index (χ1) is 9.15. The van der Waals surface area contributed by atoms with Gasteiger partial charge in [0.1, 0.15) is 5.82 Å². The lowest BCUT2D eigenvalue weighted by Gasteiger charge is -2.20. The topological polar surface area (TPSA) is 15.3 Å². The molecule has 0 amide bonds. The van der Waals surface area contributed by atoms with Crippen molar-refractivity contribution in [3.05, 3.63) is 59.9 Å². The van der Waals surface area contributed by atoms with E-state index in [-0.39, 0.29) is 5.82 Å². The Morgan fingerprint density at radius 1 is 1.11 bits per heavy atom. The van der Waals surface area contributed by atoms with E-state index in [0.29, 0.717) is 0 Å². The van der Waals surface area contributed by atoms with Crippen molar-refractivity contribution in [2.45, 2.75) is 6.92 Å². The summed E-state index contributed by atoms with van der Waals surface area (Å²) in [5, 5.41) is 3.28. The van der Waals surface area contributed by atoms with Crippen molar-refractivity contribution in [2.75, 3.05) is 30.4 Å². The van der Waals surface area contributed by atoms with E-state index in [1.807, 2.05) is 0 Å². The highest BCUT2D eigenvalue weighted by atomic mass is 19.1. The van der Waals surface area contributed by atoms with Crippen LogP contribution in [0.25, 0.3) is 0 Å². The monoisotopic (exact) mass is 258 g/mol. The third-order valence-corrected chi connectivity index (χ3v) is 3.06. The number of hydrogen-bond donors (Lipinski definition) is 1. The van der Waals surface area contributed by atoms with Crippen LogP contribution in [0, 0.1) is 12.7 Å². The van der Waals surface area contributed by atoms with Gasteiger partial charge >= 0.3 is 0 Å². The Bertz CT molecular complexity index is 523. The molecule has 0 atom stereocenters. The summed E-state index contributed by atoms with van der Waals surface area (Å²) in [7, 11) is 2.07. The van der Waals surface area contributed by atoms with Gasteiger partial charge in [0.25, 0.3) is 0 Å². The molecule has 0 radical (unpaired) electrons. The van der Waals surface area contributed by atoms with E-state index in [1.165, 1.54) is 23.4 Å². The highest BCUT2D eigenvalue weighted by molar-refractivity contribution is 5.48. The van der Waals surface area contributed by atoms with Crippen molar-refractivity contribution < 1.29 is 4.39 Å². The Morgan fingerprint density at radius 3 is 2.53 bits per heavy atom. The zero-order valence-corrected chi connectivity index (χ0v) is 11.4. The van der Waals surface area contributed by atoms with Gasteiger partial charge in [0.2, 0.25) is 0 Å². The summed E-state index contributed by atoms with van der Waals surface area (Å²) in [6.45, 7) is 3.80. The number of likely N-dealkylation sites (N-methyl/N-ethyl adjacent to an activating group) is 1. The van der Waals surface area contributed by atoms with E-state index in [9.17, 15) is 4.39 Å². The van der Waals surface area contributed by atoms with Crippen molar-refractivity contribution in [1.82, 2.24) is 0 Å². The van der Waals surface area contributed by atoms with Gasteiger partial charge in [-0.2, -0.15) is 0 Å². The Labute approximate surface area is 113 Å². The SMILES string of the molecule is Cc1cccc(N(C)CCNc2ccc(F)cc2)c1. The molecule has 100 valence electrons. The van der Waals surface area contributed by atoms with Gasteiger partial charge < -0.3 is 10.2 Å². The fourth-order valence-corrected chi connectivity index (χ4v) is 1.93. The summed E-state index contributed by atoms with van der Waals surface area (Å²) in [5.41, 5.74) is 3.41. The first kappa shape index (κ1) is 13.4. The lowest BCUT2D eigenvalue weighted by molar-refractivity contribution is 0.628. The standard InChI is InChI=1S/C16H19FN2/c1-13-4-3-5-16(12-13)19(2)11-10-18-15-8-6-14(17)7-9-15/h3-9,12,18H,10-11H2,1-2H3. The molecule has 0 heterocycles. The van der Waals surface area contributed by atoms with Gasteiger partial charge in [-0.1, -0.05) is 12.1 Å². The van der Waals surface area contributed by atoms with Crippen molar-refractivity contribution in [2.24, 2.45) is 0 Å². The summed E-state index contributed by atoms with van der Waals surface area (Å²) < 4.78 is 12.8. The molecule has 19 heavy (non-hydrogen) atoms. The highest BCUT2D eigenvalue weighted by Gasteiger charge is 2.00. The van der Waals surface area contributed by atoms with Gasteiger partial charge in [0.15, 0.2) is 0 Å². The Kier molecular flexibility index (Phi) is 4.39. The molecule has 2 rings (SSSR count). The van der Waals surface area contributed by atoms with Gasteiger partial charge in [0, 0.05) is 31.5 Å². The molecule has 1 N–H and O–H groups in total. The number of anilines is 2. The lowest BCUT2D eigenvalue weighted by Crippen LogP contribution is -2.24. The minimum Gasteiger partial charge on any atom is -0.383 e. The number of hydrogen-bond acceptors (Lipinski definition) is 2. The largest absolute Gasteiger partial charge is 0.383 e. The molecule has 3 heteroatoms. The molecule has 0 spiro atoms. The van der Waals surface area contributed by atoms with Gasteiger partial charge in [0.05, 0.1) is 0 Å². The van der Waals surface area contributed by atoms with Gasteiger partial charge in [-0.3, -0.25) is 0 Å². The van der Waals surface area contributed by atoms with Gasteiger partial charge in [-0.15, -0.1) is 0 Å². The van der Waals surface area contributed by atoms with Crippen LogP contribution in [0.5, 0.6) is 0 Å². The average Bonchev–Trinajstić information content (AvgIpc) is 2.41. The van der Waals surface area contributed by atoms with E-state index >= 15 is 0 Å². The quantitative estimate of drug-likeness (QED) is 0.880. The van der Waals surface area contributed by atoms with Crippen LogP contribution in [-0.4, -0.2) is 20.1 Å². The molecule has 0 aliphatic rings. The van der Waals surface area contributed by atoms with Crippen LogP contribution in [0.4, 0.5) is 15.8 Å². The second kappa shape index (κ2) is 6.23. The molecule has 0 fully saturated rings. The summed E-state index contributed by atoms with van der Waals surface area (Å²) >= 11 is 0. The normalized spacial score (nSPS) is 10.3. The molecule has 0 aliphatic heterocycles. The summed E-state index contributed by atoms with van der Waals surface area (Å²) in [6, 6.07) is 14.9. The van der Waals surface area contributed by atoms with Gasteiger partial charge in [-0.25, -0.2) is 4.39 Å². The second-order valence-corrected chi connectivity index (χ2v) is 4.69. The maximum Gasteiger partial charge on any atom is 0.123 e. The molecule has 0 bridgehead atoms. The first-order valence-corrected chi connectivity index (χ1v) is 6.42. The number of aryl methyl sites for hydroxylation is 1. The molecule has 0 aromatic heterocycles. The fraction of sp³-hybridized carbons (Fsp3) is 0.250. The van der Waals surface area contributed by atoms with E-state index < -0.39 is 0 Å². The molecular weight excluding hydrogens is 239 g/mol. The summed E-state index contributed by atoms with van der Waals surface area (Å²) in [4.78, 5) is 2.20. The smallest absolute Gasteiger partial charge is 0.123 e. The summed E-state index contributed by atoms with van der Waals surface area (Å²) in [5.74, 6) is -0.206. The number of rotatable bonds is 5. The Morgan fingerprint density at radius 2 is 1.84 bits per heavy atom. The average molecular weight is 258 g/mol. The van der Waals surface area contributed by atoms with Crippen molar-refractivity contribution in [1.29, 1.82) is 0 Å². The van der Waals surface area contributed by atoms with E-state index in [2.05, 4.69) is 48.5 Å². The zero-order valence-electron chi connectivity index (χ0n) is 11.4. The predicted molar refractivity (Wildman–Crippen MR) is 79.3 cm³/mol. The second-order valence-electron chi connectivity index (χ2n) is 4.69. The number of halogens is 1. The number of benzene rings is 2. The van der Waals surface area contributed by atoms with Crippen LogP contribution < -0.4 is 10.2 Å². The van der Waals surface area contributed by atoms with E-state index in [4.69, 9.17) is 0 Å². The third kappa shape index (κ3) is 3.98. The molecule has 0 unspecified atom stereocenters. The van der Waals surface area contributed by atoms with Crippen LogP contribution >= 0.6 is 0 Å². The van der Waals surface area contributed by atoms with E-state index in [1.54, 1.807) is 12.1 Å².